The Bertz CT molecular complexity index is 544. The van der Waals surface area contributed by atoms with E-state index in [2.05, 4.69) is 5.32 Å². The number of benzene rings is 1. The zero-order valence-corrected chi connectivity index (χ0v) is 11.3. The van der Waals surface area contributed by atoms with E-state index in [0.717, 1.165) is 43.1 Å². The molecule has 106 valence electrons. The standard InChI is InChI=1S/C16H18FNO2/c17-13-5-3-12(4-6-13)16-8-7-15(20-16)10-18-14-2-1-9-19-11-14/h3-8,14,18H,1-2,9-11H2. The highest BCUT2D eigenvalue weighted by atomic mass is 19.1. The molecule has 3 nitrogen and oxygen atoms in total. The van der Waals surface area contributed by atoms with Gasteiger partial charge in [0.1, 0.15) is 17.3 Å². The Morgan fingerprint density at radius 2 is 2.00 bits per heavy atom. The van der Waals surface area contributed by atoms with Gasteiger partial charge in [-0.25, -0.2) is 4.39 Å². The SMILES string of the molecule is Fc1ccc(-c2ccc(CNC3CCCOC3)o2)cc1. The maximum atomic E-state index is 12.9. The van der Waals surface area contributed by atoms with E-state index in [1.165, 1.54) is 12.1 Å². The van der Waals surface area contributed by atoms with Crippen LogP contribution in [-0.4, -0.2) is 19.3 Å². The average molecular weight is 275 g/mol. The highest BCUT2D eigenvalue weighted by Crippen LogP contribution is 2.22. The molecule has 1 aromatic carbocycles. The van der Waals surface area contributed by atoms with Gasteiger partial charge in [0, 0.05) is 18.2 Å². The van der Waals surface area contributed by atoms with Crippen molar-refractivity contribution in [2.24, 2.45) is 0 Å². The third-order valence-corrected chi connectivity index (χ3v) is 3.52. The van der Waals surface area contributed by atoms with E-state index >= 15 is 0 Å². The van der Waals surface area contributed by atoms with Gasteiger partial charge in [0.2, 0.25) is 0 Å². The summed E-state index contributed by atoms with van der Waals surface area (Å²) < 4.78 is 24.1. The van der Waals surface area contributed by atoms with Gasteiger partial charge in [-0.05, 0) is 49.2 Å². The molecule has 0 bridgehead atoms. The summed E-state index contributed by atoms with van der Waals surface area (Å²) in [5, 5.41) is 3.43. The molecule has 0 saturated carbocycles. The Morgan fingerprint density at radius 3 is 2.75 bits per heavy atom. The summed E-state index contributed by atoms with van der Waals surface area (Å²) in [5.41, 5.74) is 0.888. The van der Waals surface area contributed by atoms with Gasteiger partial charge in [-0.3, -0.25) is 0 Å². The minimum absolute atomic E-state index is 0.237. The Labute approximate surface area is 117 Å². The maximum absolute atomic E-state index is 12.9. The average Bonchev–Trinajstić information content (AvgIpc) is 2.96. The second kappa shape index (κ2) is 6.20. The van der Waals surface area contributed by atoms with Gasteiger partial charge in [-0.15, -0.1) is 0 Å². The zero-order chi connectivity index (χ0) is 13.8. The molecule has 1 aliphatic heterocycles. The number of ether oxygens (including phenoxy) is 1. The third-order valence-electron chi connectivity index (χ3n) is 3.52. The van der Waals surface area contributed by atoms with Gasteiger partial charge < -0.3 is 14.5 Å². The molecular formula is C16H18FNO2. The first-order valence-electron chi connectivity index (χ1n) is 6.97. The van der Waals surface area contributed by atoms with Gasteiger partial charge in [-0.1, -0.05) is 0 Å². The molecular weight excluding hydrogens is 257 g/mol. The lowest BCUT2D eigenvalue weighted by atomic mass is 10.1. The van der Waals surface area contributed by atoms with Crippen molar-refractivity contribution in [3.63, 3.8) is 0 Å². The van der Waals surface area contributed by atoms with Crippen molar-refractivity contribution >= 4 is 0 Å². The molecule has 1 aliphatic rings. The highest BCUT2D eigenvalue weighted by Gasteiger charge is 2.13. The van der Waals surface area contributed by atoms with Crippen LogP contribution >= 0.6 is 0 Å². The Morgan fingerprint density at radius 1 is 1.15 bits per heavy atom. The molecule has 1 aromatic heterocycles. The van der Waals surface area contributed by atoms with Gasteiger partial charge in [0.05, 0.1) is 13.2 Å². The first-order chi connectivity index (χ1) is 9.81. The number of furan rings is 1. The lowest BCUT2D eigenvalue weighted by Crippen LogP contribution is -2.36. The van der Waals surface area contributed by atoms with Gasteiger partial charge in [0.15, 0.2) is 0 Å². The molecule has 1 unspecified atom stereocenters. The smallest absolute Gasteiger partial charge is 0.134 e. The summed E-state index contributed by atoms with van der Waals surface area (Å²) in [4.78, 5) is 0. The molecule has 0 spiro atoms. The molecule has 4 heteroatoms. The van der Waals surface area contributed by atoms with Crippen LogP contribution < -0.4 is 5.32 Å². The number of hydrogen-bond donors (Lipinski definition) is 1. The van der Waals surface area contributed by atoms with E-state index in [1.54, 1.807) is 12.1 Å². The van der Waals surface area contributed by atoms with Crippen LogP contribution in [0.5, 0.6) is 0 Å². The maximum Gasteiger partial charge on any atom is 0.134 e. The van der Waals surface area contributed by atoms with Crippen LogP contribution in [0.2, 0.25) is 0 Å². The molecule has 0 amide bonds. The van der Waals surface area contributed by atoms with E-state index in [9.17, 15) is 4.39 Å². The third kappa shape index (κ3) is 3.26. The monoisotopic (exact) mass is 275 g/mol. The summed E-state index contributed by atoms with van der Waals surface area (Å²) in [6.07, 6.45) is 2.25. The van der Waals surface area contributed by atoms with E-state index < -0.39 is 0 Å². The second-order valence-electron chi connectivity index (χ2n) is 5.07. The predicted octanol–water partition coefficient (Wildman–Crippen LogP) is 3.35. The Hall–Kier alpha value is -1.65. The minimum atomic E-state index is -0.237. The van der Waals surface area contributed by atoms with Crippen LogP contribution in [0.1, 0.15) is 18.6 Å². The van der Waals surface area contributed by atoms with Crippen molar-refractivity contribution < 1.29 is 13.5 Å². The minimum Gasteiger partial charge on any atom is -0.460 e. The van der Waals surface area contributed by atoms with Crippen LogP contribution in [0.3, 0.4) is 0 Å². The van der Waals surface area contributed by atoms with E-state index in [4.69, 9.17) is 9.15 Å². The fraction of sp³-hybridized carbons (Fsp3) is 0.375. The summed E-state index contributed by atoms with van der Waals surface area (Å²) in [7, 11) is 0. The quantitative estimate of drug-likeness (QED) is 0.929. The van der Waals surface area contributed by atoms with E-state index in [1.807, 2.05) is 12.1 Å². The largest absolute Gasteiger partial charge is 0.460 e. The van der Waals surface area contributed by atoms with Gasteiger partial charge in [0.25, 0.3) is 0 Å². The number of nitrogens with one attached hydrogen (secondary N) is 1. The summed E-state index contributed by atoms with van der Waals surface area (Å²) in [6.45, 7) is 2.33. The molecule has 1 saturated heterocycles. The van der Waals surface area contributed by atoms with E-state index in [-0.39, 0.29) is 5.82 Å². The molecule has 2 heterocycles. The Balaban J connectivity index is 1.60. The molecule has 20 heavy (non-hydrogen) atoms. The number of halogens is 1. The lowest BCUT2D eigenvalue weighted by molar-refractivity contribution is 0.0693. The highest BCUT2D eigenvalue weighted by molar-refractivity contribution is 5.57. The van der Waals surface area contributed by atoms with Crippen LogP contribution in [0.25, 0.3) is 11.3 Å². The van der Waals surface area contributed by atoms with Gasteiger partial charge >= 0.3 is 0 Å². The van der Waals surface area contributed by atoms with Crippen molar-refractivity contribution in [3.05, 3.63) is 48.0 Å². The fourth-order valence-electron chi connectivity index (χ4n) is 2.39. The van der Waals surface area contributed by atoms with E-state index in [0.29, 0.717) is 12.6 Å². The molecule has 2 aromatic rings. The van der Waals surface area contributed by atoms with Crippen LogP contribution in [0.15, 0.2) is 40.8 Å². The molecule has 1 fully saturated rings. The summed E-state index contributed by atoms with van der Waals surface area (Å²) in [6, 6.07) is 10.6. The van der Waals surface area contributed by atoms with Crippen LogP contribution in [0.4, 0.5) is 4.39 Å². The normalized spacial score (nSPS) is 19.1. The van der Waals surface area contributed by atoms with Crippen molar-refractivity contribution in [2.75, 3.05) is 13.2 Å². The van der Waals surface area contributed by atoms with Crippen LogP contribution in [0, 0.1) is 5.82 Å². The first-order valence-corrected chi connectivity index (χ1v) is 6.97. The molecule has 0 aliphatic carbocycles. The predicted molar refractivity (Wildman–Crippen MR) is 74.8 cm³/mol. The Kier molecular flexibility index (Phi) is 4.14. The van der Waals surface area contributed by atoms with Crippen molar-refractivity contribution in [2.45, 2.75) is 25.4 Å². The summed E-state index contributed by atoms with van der Waals surface area (Å²) in [5.74, 6) is 1.41. The second-order valence-corrected chi connectivity index (χ2v) is 5.07. The fourth-order valence-corrected chi connectivity index (χ4v) is 2.39. The zero-order valence-electron chi connectivity index (χ0n) is 11.3. The first kappa shape index (κ1) is 13.3. The molecule has 1 atom stereocenters. The van der Waals surface area contributed by atoms with Crippen molar-refractivity contribution in [1.82, 2.24) is 5.32 Å². The number of hydrogen-bond acceptors (Lipinski definition) is 3. The lowest BCUT2D eigenvalue weighted by Gasteiger charge is -2.22. The molecule has 1 N–H and O–H groups in total. The molecule has 3 rings (SSSR count). The van der Waals surface area contributed by atoms with Crippen molar-refractivity contribution in [3.8, 4) is 11.3 Å². The van der Waals surface area contributed by atoms with Crippen molar-refractivity contribution in [1.29, 1.82) is 0 Å². The topological polar surface area (TPSA) is 34.4 Å². The summed E-state index contributed by atoms with van der Waals surface area (Å²) >= 11 is 0. The van der Waals surface area contributed by atoms with Gasteiger partial charge in [-0.2, -0.15) is 0 Å². The number of rotatable bonds is 4. The molecule has 0 radical (unpaired) electrons. The van der Waals surface area contributed by atoms with Crippen LogP contribution in [-0.2, 0) is 11.3 Å².